The number of aryl methyl sites for hydroxylation is 1. The van der Waals surface area contributed by atoms with Crippen LogP contribution < -0.4 is 9.62 Å². The van der Waals surface area contributed by atoms with Gasteiger partial charge in [-0.05, 0) is 62.6 Å². The minimum absolute atomic E-state index is 0.111. The summed E-state index contributed by atoms with van der Waals surface area (Å²) in [5, 5.41) is 3.64. The van der Waals surface area contributed by atoms with Crippen molar-refractivity contribution in [1.29, 1.82) is 0 Å². The number of hydrogen-bond acceptors (Lipinski definition) is 4. The number of carbonyl (C=O) groups excluding carboxylic acids is 1. The molecular weight excluding hydrogens is 380 g/mol. The van der Waals surface area contributed by atoms with Crippen molar-refractivity contribution in [1.82, 2.24) is 5.32 Å². The van der Waals surface area contributed by atoms with Crippen LogP contribution in [-0.4, -0.2) is 27.4 Å². The molecule has 0 atom stereocenters. The molecular formula is C20H22N2O3S2. The lowest BCUT2D eigenvalue weighted by Crippen LogP contribution is -2.30. The van der Waals surface area contributed by atoms with Gasteiger partial charge >= 0.3 is 0 Å². The highest BCUT2D eigenvalue weighted by Crippen LogP contribution is 2.31. The van der Waals surface area contributed by atoms with E-state index in [0.717, 1.165) is 15.6 Å². The first-order chi connectivity index (χ1) is 12.9. The number of amides is 1. The number of rotatable bonds is 6. The predicted octanol–water partition coefficient (Wildman–Crippen LogP) is 4.17. The Balaban J connectivity index is 2.01. The number of anilines is 1. The van der Waals surface area contributed by atoms with Crippen molar-refractivity contribution in [3.05, 3.63) is 59.0 Å². The number of fused-ring (bicyclic) bond motifs is 1. The minimum Gasteiger partial charge on any atom is -0.352 e. The summed E-state index contributed by atoms with van der Waals surface area (Å²) < 4.78 is 28.5. The normalized spacial score (nSPS) is 11.5. The van der Waals surface area contributed by atoms with E-state index in [1.54, 1.807) is 36.4 Å². The summed E-state index contributed by atoms with van der Waals surface area (Å²) in [5.41, 5.74) is 1.60. The molecule has 0 aliphatic rings. The number of benzene rings is 2. The first-order valence-electron chi connectivity index (χ1n) is 8.78. The van der Waals surface area contributed by atoms with Gasteiger partial charge in [0.25, 0.3) is 15.9 Å². The second-order valence-electron chi connectivity index (χ2n) is 6.18. The molecule has 27 heavy (non-hydrogen) atoms. The Hall–Kier alpha value is -2.38. The molecule has 0 saturated carbocycles. The molecule has 0 aliphatic carbocycles. The Morgan fingerprint density at radius 3 is 2.41 bits per heavy atom. The van der Waals surface area contributed by atoms with E-state index < -0.39 is 10.0 Å². The zero-order valence-corrected chi connectivity index (χ0v) is 17.2. The molecule has 0 aliphatic heterocycles. The third-order valence-corrected chi connectivity index (χ3v) is 7.28. The summed E-state index contributed by atoms with van der Waals surface area (Å²) in [7, 11) is -3.65. The lowest BCUT2D eigenvalue weighted by Gasteiger charge is -2.23. The number of nitrogens with zero attached hydrogens (tertiary/aromatic N) is 1. The van der Waals surface area contributed by atoms with E-state index in [4.69, 9.17) is 0 Å². The highest BCUT2D eigenvalue weighted by atomic mass is 32.2. The standard InChI is InChI=1S/C20H22N2O3S2/c1-4-21-20(23)19-13-15-12-16(8-11-18(15)26-19)22(5-2)27(24,25)17-9-6-14(3)7-10-17/h6-13H,4-5H2,1-3H3,(H,21,23). The van der Waals surface area contributed by atoms with Crippen molar-refractivity contribution in [2.24, 2.45) is 0 Å². The highest BCUT2D eigenvalue weighted by molar-refractivity contribution is 7.92. The van der Waals surface area contributed by atoms with Crippen LogP contribution >= 0.6 is 11.3 Å². The Morgan fingerprint density at radius 1 is 1.07 bits per heavy atom. The molecule has 3 aromatic rings. The molecule has 5 nitrogen and oxygen atoms in total. The molecule has 0 unspecified atom stereocenters. The summed E-state index contributed by atoms with van der Waals surface area (Å²) in [6, 6.07) is 14.1. The Labute approximate surface area is 163 Å². The first-order valence-corrected chi connectivity index (χ1v) is 11.0. The van der Waals surface area contributed by atoms with Crippen molar-refractivity contribution < 1.29 is 13.2 Å². The third-order valence-electron chi connectivity index (χ3n) is 4.25. The van der Waals surface area contributed by atoms with Crippen molar-refractivity contribution in [2.75, 3.05) is 17.4 Å². The summed E-state index contributed by atoms with van der Waals surface area (Å²) in [6.45, 7) is 6.48. The van der Waals surface area contributed by atoms with Crippen LogP contribution in [0.2, 0.25) is 0 Å². The lowest BCUT2D eigenvalue weighted by molar-refractivity contribution is 0.0960. The van der Waals surface area contributed by atoms with Crippen LogP contribution in [-0.2, 0) is 10.0 Å². The number of carbonyl (C=O) groups is 1. The van der Waals surface area contributed by atoms with Gasteiger partial charge < -0.3 is 5.32 Å². The van der Waals surface area contributed by atoms with E-state index >= 15 is 0 Å². The van der Waals surface area contributed by atoms with E-state index in [2.05, 4.69) is 5.32 Å². The molecule has 142 valence electrons. The molecule has 1 aromatic heterocycles. The van der Waals surface area contributed by atoms with Crippen LogP contribution in [0.3, 0.4) is 0 Å². The highest BCUT2D eigenvalue weighted by Gasteiger charge is 2.24. The summed E-state index contributed by atoms with van der Waals surface area (Å²) >= 11 is 1.40. The molecule has 0 radical (unpaired) electrons. The first kappa shape index (κ1) is 19.4. The van der Waals surface area contributed by atoms with Gasteiger partial charge in [-0.25, -0.2) is 8.42 Å². The summed E-state index contributed by atoms with van der Waals surface area (Å²) in [5.74, 6) is -0.111. The number of sulfonamides is 1. The van der Waals surface area contributed by atoms with Crippen LogP contribution in [0.1, 0.15) is 29.1 Å². The maximum absolute atomic E-state index is 13.1. The zero-order valence-electron chi connectivity index (χ0n) is 15.5. The van der Waals surface area contributed by atoms with Crippen molar-refractivity contribution in [2.45, 2.75) is 25.7 Å². The molecule has 0 fully saturated rings. The van der Waals surface area contributed by atoms with E-state index in [0.29, 0.717) is 23.7 Å². The van der Waals surface area contributed by atoms with Crippen LogP contribution in [0, 0.1) is 6.92 Å². The molecule has 1 amide bonds. The smallest absolute Gasteiger partial charge is 0.264 e. The maximum Gasteiger partial charge on any atom is 0.264 e. The van der Waals surface area contributed by atoms with Gasteiger partial charge in [-0.15, -0.1) is 11.3 Å². The second kappa shape index (κ2) is 7.70. The van der Waals surface area contributed by atoms with Gasteiger partial charge in [0, 0.05) is 17.8 Å². The quantitative estimate of drug-likeness (QED) is 0.673. The van der Waals surface area contributed by atoms with Gasteiger partial charge in [0.2, 0.25) is 0 Å². The lowest BCUT2D eigenvalue weighted by atomic mass is 10.2. The Kier molecular flexibility index (Phi) is 5.53. The maximum atomic E-state index is 13.1. The van der Waals surface area contributed by atoms with Gasteiger partial charge in [-0.1, -0.05) is 17.7 Å². The van der Waals surface area contributed by atoms with Crippen molar-refractivity contribution in [3.8, 4) is 0 Å². The number of thiophene rings is 1. The SMILES string of the molecule is CCNC(=O)c1cc2cc(N(CC)S(=O)(=O)c3ccc(C)cc3)ccc2s1. The largest absolute Gasteiger partial charge is 0.352 e. The van der Waals surface area contributed by atoms with Crippen molar-refractivity contribution in [3.63, 3.8) is 0 Å². The van der Waals surface area contributed by atoms with E-state index in [1.807, 2.05) is 32.9 Å². The van der Waals surface area contributed by atoms with Crippen molar-refractivity contribution >= 4 is 43.0 Å². The molecule has 2 aromatic carbocycles. The van der Waals surface area contributed by atoms with Crippen LogP contribution in [0.5, 0.6) is 0 Å². The fraction of sp³-hybridized carbons (Fsp3) is 0.250. The average Bonchev–Trinajstić information content (AvgIpc) is 3.06. The third kappa shape index (κ3) is 3.84. The molecule has 3 rings (SSSR count). The minimum atomic E-state index is -3.65. The average molecular weight is 403 g/mol. The van der Waals surface area contributed by atoms with Crippen LogP contribution in [0.25, 0.3) is 10.1 Å². The topological polar surface area (TPSA) is 66.5 Å². The molecule has 0 bridgehead atoms. The van der Waals surface area contributed by atoms with Gasteiger partial charge in [0.05, 0.1) is 15.5 Å². The van der Waals surface area contributed by atoms with Gasteiger partial charge in [0.1, 0.15) is 0 Å². The fourth-order valence-corrected chi connectivity index (χ4v) is 5.30. The second-order valence-corrected chi connectivity index (χ2v) is 9.12. The molecule has 7 heteroatoms. The molecule has 1 N–H and O–H groups in total. The van der Waals surface area contributed by atoms with E-state index in [-0.39, 0.29) is 10.8 Å². The van der Waals surface area contributed by atoms with Gasteiger partial charge in [-0.3, -0.25) is 9.10 Å². The Bertz CT molecular complexity index is 1070. The van der Waals surface area contributed by atoms with Gasteiger partial charge in [-0.2, -0.15) is 0 Å². The Morgan fingerprint density at radius 2 is 1.78 bits per heavy atom. The van der Waals surface area contributed by atoms with Crippen LogP contribution in [0.4, 0.5) is 5.69 Å². The van der Waals surface area contributed by atoms with E-state index in [9.17, 15) is 13.2 Å². The number of nitrogens with one attached hydrogen (secondary N) is 1. The molecule has 0 saturated heterocycles. The van der Waals surface area contributed by atoms with Crippen LogP contribution in [0.15, 0.2) is 53.4 Å². The monoisotopic (exact) mass is 402 g/mol. The zero-order chi connectivity index (χ0) is 19.6. The fourth-order valence-electron chi connectivity index (χ4n) is 2.87. The molecule has 1 heterocycles. The summed E-state index contributed by atoms with van der Waals surface area (Å²) in [4.78, 5) is 12.9. The van der Waals surface area contributed by atoms with Gasteiger partial charge in [0.15, 0.2) is 0 Å². The van der Waals surface area contributed by atoms with E-state index in [1.165, 1.54) is 15.6 Å². The molecule has 0 spiro atoms. The summed E-state index contributed by atoms with van der Waals surface area (Å²) in [6.07, 6.45) is 0. The predicted molar refractivity (Wildman–Crippen MR) is 111 cm³/mol. The number of hydrogen-bond donors (Lipinski definition) is 1.